The van der Waals surface area contributed by atoms with E-state index in [1.54, 1.807) is 17.0 Å². The van der Waals surface area contributed by atoms with Crippen molar-refractivity contribution < 1.29 is 18.7 Å². The van der Waals surface area contributed by atoms with Gasteiger partial charge in [0.15, 0.2) is 5.76 Å². The zero-order valence-electron chi connectivity index (χ0n) is 19.7. The van der Waals surface area contributed by atoms with Gasteiger partial charge in [0, 0.05) is 52.1 Å². The fraction of sp³-hybridized carbons (Fsp3) is 0.357. The van der Waals surface area contributed by atoms with Gasteiger partial charge in [0.05, 0.1) is 12.9 Å². The summed E-state index contributed by atoms with van der Waals surface area (Å²) in [5.74, 6) is 1.06. The van der Waals surface area contributed by atoms with Gasteiger partial charge in [0.2, 0.25) is 5.91 Å². The van der Waals surface area contributed by atoms with Crippen molar-refractivity contribution in [2.24, 2.45) is 0 Å². The van der Waals surface area contributed by atoms with E-state index in [1.807, 2.05) is 23.1 Å². The largest absolute Gasteiger partial charge is 0.493 e. The van der Waals surface area contributed by atoms with Gasteiger partial charge < -0.3 is 19.0 Å². The third-order valence-corrected chi connectivity index (χ3v) is 7.37. The molecule has 6 rings (SSSR count). The number of ether oxygens (including phenoxy) is 1. The Morgan fingerprint density at radius 2 is 1.74 bits per heavy atom. The van der Waals surface area contributed by atoms with E-state index in [4.69, 9.17) is 9.15 Å². The molecule has 0 saturated carbocycles. The normalized spacial score (nSPS) is 19.7. The van der Waals surface area contributed by atoms with Gasteiger partial charge in [-0.15, -0.1) is 0 Å². The monoisotopic (exact) mass is 471 g/mol. The number of carbonyl (C=O) groups excluding carboxylic acids is 2. The maximum absolute atomic E-state index is 13.7. The minimum atomic E-state index is -0.522. The van der Waals surface area contributed by atoms with Crippen LogP contribution >= 0.6 is 0 Å². The van der Waals surface area contributed by atoms with Gasteiger partial charge in [-0.2, -0.15) is 0 Å². The molecular formula is C28H29N3O4. The first-order valence-corrected chi connectivity index (χ1v) is 12.3. The predicted molar refractivity (Wildman–Crippen MR) is 130 cm³/mol. The molecule has 1 fully saturated rings. The molecule has 3 aliphatic heterocycles. The van der Waals surface area contributed by atoms with Crippen LogP contribution in [0, 0.1) is 0 Å². The van der Waals surface area contributed by atoms with Gasteiger partial charge >= 0.3 is 0 Å². The Hall–Kier alpha value is -3.58. The lowest BCUT2D eigenvalue weighted by atomic mass is 9.92. The van der Waals surface area contributed by atoms with E-state index < -0.39 is 6.04 Å². The number of carbonyl (C=O) groups is 2. The highest BCUT2D eigenvalue weighted by molar-refractivity contribution is 5.96. The van der Waals surface area contributed by atoms with Crippen molar-refractivity contribution in [3.05, 3.63) is 88.9 Å². The molecule has 1 saturated heterocycles. The summed E-state index contributed by atoms with van der Waals surface area (Å²) in [4.78, 5) is 33.0. The Kier molecular flexibility index (Phi) is 5.78. The number of hydrogen-bond acceptors (Lipinski definition) is 5. The van der Waals surface area contributed by atoms with E-state index in [1.165, 1.54) is 17.4 Å². The zero-order chi connectivity index (χ0) is 23.8. The highest BCUT2D eigenvalue weighted by Gasteiger charge is 2.38. The fourth-order valence-corrected chi connectivity index (χ4v) is 5.43. The van der Waals surface area contributed by atoms with Gasteiger partial charge in [0.25, 0.3) is 5.91 Å². The molecule has 180 valence electrons. The Labute approximate surface area is 204 Å². The molecule has 7 heteroatoms. The number of rotatable bonds is 4. The molecule has 2 aromatic carbocycles. The van der Waals surface area contributed by atoms with Crippen molar-refractivity contribution >= 4 is 11.8 Å². The van der Waals surface area contributed by atoms with E-state index in [9.17, 15) is 9.59 Å². The smallest absolute Gasteiger partial charge is 0.290 e. The lowest BCUT2D eigenvalue weighted by Gasteiger charge is -2.41. The van der Waals surface area contributed by atoms with Gasteiger partial charge in [-0.25, -0.2) is 0 Å². The Morgan fingerprint density at radius 1 is 0.914 bits per heavy atom. The molecule has 0 bridgehead atoms. The number of amides is 2. The number of furan rings is 1. The Bertz CT molecular complexity index is 1230. The van der Waals surface area contributed by atoms with Crippen molar-refractivity contribution in [3.8, 4) is 5.75 Å². The van der Waals surface area contributed by atoms with Crippen LogP contribution in [0.3, 0.4) is 0 Å². The minimum Gasteiger partial charge on any atom is -0.493 e. The van der Waals surface area contributed by atoms with Crippen LogP contribution in [0.15, 0.2) is 65.3 Å². The lowest BCUT2D eigenvalue weighted by Crippen LogP contribution is -2.57. The summed E-state index contributed by atoms with van der Waals surface area (Å²) in [6.45, 7) is 5.00. The van der Waals surface area contributed by atoms with Crippen LogP contribution in [0.1, 0.15) is 32.8 Å². The molecule has 0 spiro atoms. The second-order valence-corrected chi connectivity index (χ2v) is 9.54. The van der Waals surface area contributed by atoms with Crippen LogP contribution in [-0.2, 0) is 30.7 Å². The molecule has 0 unspecified atom stereocenters. The summed E-state index contributed by atoms with van der Waals surface area (Å²) in [7, 11) is 0. The molecule has 3 aromatic rings. The second-order valence-electron chi connectivity index (χ2n) is 9.54. The summed E-state index contributed by atoms with van der Waals surface area (Å²) >= 11 is 0. The van der Waals surface area contributed by atoms with E-state index in [2.05, 4.69) is 29.2 Å². The zero-order valence-corrected chi connectivity index (χ0v) is 19.7. The van der Waals surface area contributed by atoms with Gasteiger partial charge in [-0.1, -0.05) is 36.4 Å². The average Bonchev–Trinajstić information content (AvgIpc) is 3.60. The maximum atomic E-state index is 13.7. The van der Waals surface area contributed by atoms with E-state index >= 15 is 0 Å². The Morgan fingerprint density at radius 3 is 2.54 bits per heavy atom. The van der Waals surface area contributed by atoms with Crippen molar-refractivity contribution in [1.82, 2.24) is 14.7 Å². The van der Waals surface area contributed by atoms with Crippen LogP contribution in [0.4, 0.5) is 0 Å². The first-order chi connectivity index (χ1) is 17.2. The lowest BCUT2D eigenvalue weighted by molar-refractivity contribution is -0.138. The molecule has 7 nitrogen and oxygen atoms in total. The van der Waals surface area contributed by atoms with Crippen LogP contribution < -0.4 is 4.74 Å². The SMILES string of the molecule is O=C([C@@H]1Cc2ccccc2CN1C(=O)c1ccco1)N1CCN(Cc2ccc3c(c2)CCO3)CC1. The molecule has 1 aromatic heterocycles. The molecule has 35 heavy (non-hydrogen) atoms. The fourth-order valence-electron chi connectivity index (χ4n) is 5.43. The van der Waals surface area contributed by atoms with Crippen LogP contribution in [-0.4, -0.2) is 65.3 Å². The van der Waals surface area contributed by atoms with Crippen LogP contribution in [0.25, 0.3) is 0 Å². The number of nitrogens with zero attached hydrogens (tertiary/aromatic N) is 3. The average molecular weight is 472 g/mol. The van der Waals surface area contributed by atoms with E-state index in [-0.39, 0.29) is 17.6 Å². The molecular weight excluding hydrogens is 442 g/mol. The molecule has 1 atom stereocenters. The summed E-state index contributed by atoms with van der Waals surface area (Å²) in [5.41, 5.74) is 4.79. The van der Waals surface area contributed by atoms with Crippen LogP contribution in [0.5, 0.6) is 5.75 Å². The predicted octanol–water partition coefficient (Wildman–Crippen LogP) is 3.13. The quantitative estimate of drug-likeness (QED) is 0.585. The molecule has 0 N–H and O–H groups in total. The number of benzene rings is 2. The van der Waals surface area contributed by atoms with Crippen molar-refractivity contribution in [3.63, 3.8) is 0 Å². The van der Waals surface area contributed by atoms with Gasteiger partial charge in [-0.05, 0) is 40.5 Å². The topological polar surface area (TPSA) is 66.2 Å². The number of fused-ring (bicyclic) bond motifs is 2. The molecule has 2 amide bonds. The second kappa shape index (κ2) is 9.23. The molecule has 0 aliphatic carbocycles. The molecule has 0 radical (unpaired) electrons. The van der Waals surface area contributed by atoms with Crippen LogP contribution in [0.2, 0.25) is 0 Å². The third kappa shape index (κ3) is 4.32. The minimum absolute atomic E-state index is 0.0220. The number of hydrogen-bond donors (Lipinski definition) is 0. The van der Waals surface area contributed by atoms with Crippen molar-refractivity contribution in [2.75, 3.05) is 32.8 Å². The van der Waals surface area contributed by atoms with E-state index in [0.717, 1.165) is 49.5 Å². The highest BCUT2D eigenvalue weighted by Crippen LogP contribution is 2.28. The van der Waals surface area contributed by atoms with Crippen molar-refractivity contribution in [2.45, 2.75) is 32.0 Å². The third-order valence-electron chi connectivity index (χ3n) is 7.37. The standard InChI is InChI=1S/C28H29N3O4/c32-27(30-12-10-29(11-13-30)18-20-7-8-25-22(16-20)9-15-35-25)24-17-21-4-1-2-5-23(21)19-31(24)28(33)26-6-3-14-34-26/h1-8,14,16,24H,9-13,15,17-19H2/t24-/m0/s1. The number of piperazine rings is 1. The highest BCUT2D eigenvalue weighted by atomic mass is 16.5. The molecule has 4 heterocycles. The van der Waals surface area contributed by atoms with E-state index in [0.29, 0.717) is 26.1 Å². The summed E-state index contributed by atoms with van der Waals surface area (Å²) in [5, 5.41) is 0. The van der Waals surface area contributed by atoms with Gasteiger partial charge in [0.1, 0.15) is 11.8 Å². The molecule has 3 aliphatic rings. The van der Waals surface area contributed by atoms with Crippen molar-refractivity contribution in [1.29, 1.82) is 0 Å². The summed E-state index contributed by atoms with van der Waals surface area (Å²) in [6.07, 6.45) is 3.00. The van der Waals surface area contributed by atoms with Gasteiger partial charge in [-0.3, -0.25) is 14.5 Å². The maximum Gasteiger partial charge on any atom is 0.290 e. The Balaban J connectivity index is 1.14. The summed E-state index contributed by atoms with van der Waals surface area (Å²) in [6, 6.07) is 17.4. The first-order valence-electron chi connectivity index (χ1n) is 12.3. The first kappa shape index (κ1) is 21.9. The summed E-state index contributed by atoms with van der Waals surface area (Å²) < 4.78 is 11.0.